The molecule has 0 amide bonds. The molecule has 0 N–H and O–H groups in total. The van der Waals surface area contributed by atoms with E-state index in [1.54, 1.807) is 6.08 Å². The summed E-state index contributed by atoms with van der Waals surface area (Å²) in [6, 6.07) is 0. The normalized spacial score (nSPS) is 27.3. The fourth-order valence-corrected chi connectivity index (χ4v) is 1.87. The van der Waals surface area contributed by atoms with Crippen molar-refractivity contribution in [1.29, 1.82) is 0 Å². The summed E-state index contributed by atoms with van der Waals surface area (Å²) in [5, 5.41) is 0. The van der Waals surface area contributed by atoms with E-state index < -0.39 is 5.41 Å². The van der Waals surface area contributed by atoms with Crippen LogP contribution in [0.4, 0.5) is 0 Å². The van der Waals surface area contributed by atoms with E-state index in [0.717, 1.165) is 19.3 Å². The number of hydrogen-bond acceptors (Lipinski definition) is 4. The van der Waals surface area contributed by atoms with Crippen molar-refractivity contribution in [3.63, 3.8) is 0 Å². The van der Waals surface area contributed by atoms with Gasteiger partial charge in [0.2, 0.25) is 0 Å². The Kier molecular flexibility index (Phi) is 6.01. The van der Waals surface area contributed by atoms with Crippen LogP contribution < -0.4 is 0 Å². The van der Waals surface area contributed by atoms with Gasteiger partial charge in [-0.15, -0.1) is 6.58 Å². The van der Waals surface area contributed by atoms with Crippen LogP contribution in [0.1, 0.15) is 47.0 Å². The summed E-state index contributed by atoms with van der Waals surface area (Å²) in [6.45, 7) is 11.8. The Labute approximate surface area is 116 Å². The molecular formula is C15H26O4. The summed E-state index contributed by atoms with van der Waals surface area (Å²) in [4.78, 5) is 11.6. The minimum atomic E-state index is -0.443. The molecule has 1 fully saturated rings. The number of hydrogen-bond donors (Lipinski definition) is 0. The highest BCUT2D eigenvalue weighted by Crippen LogP contribution is 2.25. The molecule has 1 rings (SSSR count). The molecular weight excluding hydrogens is 244 g/mol. The van der Waals surface area contributed by atoms with Gasteiger partial charge in [0.25, 0.3) is 0 Å². The monoisotopic (exact) mass is 270 g/mol. The molecule has 2 unspecified atom stereocenters. The topological polar surface area (TPSA) is 44.8 Å². The van der Waals surface area contributed by atoms with Gasteiger partial charge < -0.3 is 14.2 Å². The zero-order chi connectivity index (χ0) is 14.5. The fraction of sp³-hybridized carbons (Fsp3) is 0.800. The van der Waals surface area contributed by atoms with Gasteiger partial charge in [-0.2, -0.15) is 0 Å². The van der Waals surface area contributed by atoms with Crippen molar-refractivity contribution in [2.45, 2.75) is 65.5 Å². The van der Waals surface area contributed by atoms with E-state index in [4.69, 9.17) is 14.2 Å². The molecule has 0 spiro atoms. The largest absolute Gasteiger partial charge is 0.465 e. The third-order valence-electron chi connectivity index (χ3n) is 3.07. The number of carbonyl (C=O) groups excluding carboxylic acids is 1. The Morgan fingerprint density at radius 1 is 1.37 bits per heavy atom. The lowest BCUT2D eigenvalue weighted by Crippen LogP contribution is -2.23. The van der Waals surface area contributed by atoms with E-state index in [1.807, 2.05) is 20.8 Å². The summed E-state index contributed by atoms with van der Waals surface area (Å²) < 4.78 is 16.7. The summed E-state index contributed by atoms with van der Waals surface area (Å²) in [6.07, 6.45) is 4.04. The van der Waals surface area contributed by atoms with E-state index >= 15 is 0 Å². The standard InChI is InChI=1S/C15H26O4/c1-6-11-12(7-2)19-13(18-11)9-8-10-17-14(16)15(3,4)5/h6,11-13H,1,7-10H2,2-5H3/t11?,12-,13?/m1/s1. The van der Waals surface area contributed by atoms with Gasteiger partial charge in [-0.1, -0.05) is 13.0 Å². The number of carbonyl (C=O) groups is 1. The van der Waals surface area contributed by atoms with Crippen LogP contribution in [0.15, 0.2) is 12.7 Å². The summed E-state index contributed by atoms with van der Waals surface area (Å²) in [7, 11) is 0. The molecule has 0 aliphatic carbocycles. The Balaban J connectivity index is 2.21. The second-order valence-electron chi connectivity index (χ2n) is 5.88. The van der Waals surface area contributed by atoms with Gasteiger partial charge >= 0.3 is 5.97 Å². The maximum atomic E-state index is 11.6. The fourth-order valence-electron chi connectivity index (χ4n) is 1.87. The van der Waals surface area contributed by atoms with Gasteiger partial charge in [-0.05, 0) is 33.6 Å². The van der Waals surface area contributed by atoms with Gasteiger partial charge in [0.1, 0.15) is 6.10 Å². The molecule has 0 saturated carbocycles. The van der Waals surface area contributed by atoms with E-state index in [-0.39, 0.29) is 24.5 Å². The van der Waals surface area contributed by atoms with E-state index in [2.05, 4.69) is 13.5 Å². The van der Waals surface area contributed by atoms with Gasteiger partial charge in [-0.25, -0.2) is 0 Å². The third-order valence-corrected chi connectivity index (χ3v) is 3.07. The Hall–Kier alpha value is -0.870. The van der Waals surface area contributed by atoms with Crippen LogP contribution in [-0.4, -0.2) is 31.1 Å². The van der Waals surface area contributed by atoms with E-state index in [0.29, 0.717) is 6.61 Å². The Morgan fingerprint density at radius 2 is 2.05 bits per heavy atom. The first-order valence-corrected chi connectivity index (χ1v) is 6.99. The molecule has 3 atom stereocenters. The molecule has 19 heavy (non-hydrogen) atoms. The summed E-state index contributed by atoms with van der Waals surface area (Å²) in [5.41, 5.74) is -0.443. The molecule has 4 heteroatoms. The molecule has 1 aliphatic rings. The molecule has 1 heterocycles. The molecule has 0 aromatic rings. The van der Waals surface area contributed by atoms with Crippen LogP contribution in [-0.2, 0) is 19.0 Å². The van der Waals surface area contributed by atoms with Gasteiger partial charge in [0.05, 0.1) is 18.1 Å². The van der Waals surface area contributed by atoms with Crippen LogP contribution in [0.5, 0.6) is 0 Å². The lowest BCUT2D eigenvalue weighted by Gasteiger charge is -2.17. The predicted octanol–water partition coefficient (Wildman–Crippen LogP) is 3.06. The average Bonchev–Trinajstić information content (AvgIpc) is 2.75. The van der Waals surface area contributed by atoms with E-state index in [9.17, 15) is 4.79 Å². The van der Waals surface area contributed by atoms with Gasteiger partial charge in [0.15, 0.2) is 6.29 Å². The lowest BCUT2D eigenvalue weighted by molar-refractivity contribution is -0.153. The van der Waals surface area contributed by atoms with Crippen molar-refractivity contribution < 1.29 is 19.0 Å². The maximum Gasteiger partial charge on any atom is 0.311 e. The number of esters is 1. The van der Waals surface area contributed by atoms with Gasteiger partial charge in [0, 0.05) is 6.42 Å². The van der Waals surface area contributed by atoms with Crippen molar-refractivity contribution in [2.75, 3.05) is 6.61 Å². The highest BCUT2D eigenvalue weighted by molar-refractivity contribution is 5.75. The predicted molar refractivity (Wildman–Crippen MR) is 73.7 cm³/mol. The number of rotatable bonds is 6. The number of ether oxygens (including phenoxy) is 3. The van der Waals surface area contributed by atoms with Gasteiger partial charge in [-0.3, -0.25) is 4.79 Å². The molecule has 110 valence electrons. The third kappa shape index (κ3) is 4.96. The zero-order valence-electron chi connectivity index (χ0n) is 12.5. The first-order chi connectivity index (χ1) is 8.88. The Morgan fingerprint density at radius 3 is 2.53 bits per heavy atom. The maximum absolute atomic E-state index is 11.6. The van der Waals surface area contributed by atoms with Crippen LogP contribution in [0, 0.1) is 5.41 Å². The summed E-state index contributed by atoms with van der Waals surface area (Å²) in [5.74, 6) is -0.170. The van der Waals surface area contributed by atoms with E-state index in [1.165, 1.54) is 0 Å². The van der Waals surface area contributed by atoms with Crippen molar-refractivity contribution in [1.82, 2.24) is 0 Å². The smallest absolute Gasteiger partial charge is 0.311 e. The molecule has 0 bridgehead atoms. The summed E-state index contributed by atoms with van der Waals surface area (Å²) >= 11 is 0. The van der Waals surface area contributed by atoms with Crippen molar-refractivity contribution in [2.24, 2.45) is 5.41 Å². The first-order valence-electron chi connectivity index (χ1n) is 6.99. The second kappa shape index (κ2) is 7.06. The van der Waals surface area contributed by atoms with Crippen molar-refractivity contribution in [3.8, 4) is 0 Å². The molecule has 1 saturated heterocycles. The first kappa shape index (κ1) is 16.2. The molecule has 0 aromatic heterocycles. The van der Waals surface area contributed by atoms with Crippen LogP contribution >= 0.6 is 0 Å². The minimum absolute atomic E-state index is 0.0212. The average molecular weight is 270 g/mol. The molecule has 1 aliphatic heterocycles. The van der Waals surface area contributed by atoms with Crippen LogP contribution in [0.3, 0.4) is 0 Å². The van der Waals surface area contributed by atoms with Crippen molar-refractivity contribution >= 4 is 5.97 Å². The van der Waals surface area contributed by atoms with Crippen LogP contribution in [0.2, 0.25) is 0 Å². The molecule has 4 nitrogen and oxygen atoms in total. The van der Waals surface area contributed by atoms with Crippen molar-refractivity contribution in [3.05, 3.63) is 12.7 Å². The Bertz CT molecular complexity index is 306. The molecule has 0 aromatic carbocycles. The highest BCUT2D eigenvalue weighted by atomic mass is 16.7. The minimum Gasteiger partial charge on any atom is -0.465 e. The zero-order valence-corrected chi connectivity index (χ0v) is 12.5. The SMILES string of the molecule is C=CC1OC(CCCOC(=O)C(C)(C)C)O[C@@H]1CC. The molecule has 0 radical (unpaired) electrons. The lowest BCUT2D eigenvalue weighted by atomic mass is 9.97. The highest BCUT2D eigenvalue weighted by Gasteiger charge is 2.32. The van der Waals surface area contributed by atoms with Crippen LogP contribution in [0.25, 0.3) is 0 Å². The quantitative estimate of drug-likeness (QED) is 0.423. The second-order valence-corrected chi connectivity index (χ2v) is 5.88.